The molecule has 2 atom stereocenters. The van der Waals surface area contributed by atoms with Crippen LogP contribution in [0.5, 0.6) is 0 Å². The minimum atomic E-state index is -0.834. The Morgan fingerprint density at radius 1 is 1.23 bits per heavy atom. The summed E-state index contributed by atoms with van der Waals surface area (Å²) in [7, 11) is 0. The van der Waals surface area contributed by atoms with Crippen LogP contribution in [0.25, 0.3) is 0 Å². The Morgan fingerprint density at radius 2 is 1.82 bits per heavy atom. The molecule has 0 aromatic heterocycles. The molecule has 4 amide bonds. The van der Waals surface area contributed by atoms with Crippen molar-refractivity contribution in [1.29, 1.82) is 0 Å². The fraction of sp³-hybridized carbons (Fsp3) is 0.812. The van der Waals surface area contributed by atoms with Gasteiger partial charge in [0.05, 0.1) is 0 Å². The fourth-order valence-corrected chi connectivity index (χ4v) is 3.43. The molecule has 124 valence electrons. The smallest absolute Gasteiger partial charge is 0.325 e. The van der Waals surface area contributed by atoms with E-state index in [0.29, 0.717) is 31.2 Å². The van der Waals surface area contributed by atoms with Crippen molar-refractivity contribution in [2.45, 2.75) is 52.5 Å². The lowest BCUT2D eigenvalue weighted by molar-refractivity contribution is -0.135. The number of hydrogen-bond donors (Lipinski definition) is 1. The molecule has 2 aliphatic heterocycles. The summed E-state index contributed by atoms with van der Waals surface area (Å²) in [6, 6.07) is -0.359. The van der Waals surface area contributed by atoms with Gasteiger partial charge in [-0.3, -0.25) is 14.5 Å². The predicted octanol–water partition coefficient (Wildman–Crippen LogP) is 1.60. The van der Waals surface area contributed by atoms with E-state index in [4.69, 9.17) is 0 Å². The van der Waals surface area contributed by atoms with Crippen LogP contribution < -0.4 is 5.32 Å². The van der Waals surface area contributed by atoms with Gasteiger partial charge in [0.2, 0.25) is 5.91 Å². The molecule has 6 heteroatoms. The normalized spacial score (nSPS) is 28.0. The molecule has 0 aromatic rings. The molecular formula is C16H27N3O3. The summed E-state index contributed by atoms with van der Waals surface area (Å²) in [5, 5.41) is 2.65. The lowest BCUT2D eigenvalue weighted by atomic mass is 9.91. The number of nitrogens with zero attached hydrogens (tertiary/aromatic N) is 2. The largest absolute Gasteiger partial charge is 0.342 e. The first kappa shape index (κ1) is 16.8. The van der Waals surface area contributed by atoms with E-state index >= 15 is 0 Å². The van der Waals surface area contributed by atoms with Crippen molar-refractivity contribution >= 4 is 17.8 Å². The van der Waals surface area contributed by atoms with Gasteiger partial charge in [0, 0.05) is 26.1 Å². The molecule has 0 radical (unpaired) electrons. The third kappa shape index (κ3) is 3.59. The lowest BCUT2D eigenvalue weighted by Gasteiger charge is -2.35. The molecule has 2 heterocycles. The van der Waals surface area contributed by atoms with Crippen LogP contribution in [0.4, 0.5) is 4.79 Å². The zero-order valence-corrected chi connectivity index (χ0v) is 14.0. The first-order chi connectivity index (χ1) is 10.2. The Balaban J connectivity index is 1.80. The average molecular weight is 309 g/mol. The number of hydrogen-bond acceptors (Lipinski definition) is 3. The van der Waals surface area contributed by atoms with Crippen molar-refractivity contribution in [1.82, 2.24) is 15.1 Å². The second kappa shape index (κ2) is 6.26. The second-order valence-corrected chi connectivity index (χ2v) is 7.36. The predicted molar refractivity (Wildman–Crippen MR) is 83.1 cm³/mol. The highest BCUT2D eigenvalue weighted by Gasteiger charge is 2.43. The highest BCUT2D eigenvalue weighted by molar-refractivity contribution is 6.06. The van der Waals surface area contributed by atoms with Crippen molar-refractivity contribution in [3.63, 3.8) is 0 Å². The molecular weight excluding hydrogens is 282 g/mol. The second-order valence-electron chi connectivity index (χ2n) is 7.36. The van der Waals surface area contributed by atoms with Crippen LogP contribution in [0, 0.1) is 11.8 Å². The number of likely N-dealkylation sites (tertiary alicyclic amines) is 1. The molecule has 0 spiro atoms. The summed E-state index contributed by atoms with van der Waals surface area (Å²) in [5.41, 5.74) is -0.834. The van der Waals surface area contributed by atoms with Gasteiger partial charge in [0.25, 0.3) is 5.91 Å². The van der Waals surface area contributed by atoms with E-state index in [1.54, 1.807) is 13.8 Å². The molecule has 0 aromatic carbocycles. The van der Waals surface area contributed by atoms with E-state index < -0.39 is 5.54 Å². The van der Waals surface area contributed by atoms with Crippen molar-refractivity contribution in [2.75, 3.05) is 19.6 Å². The molecule has 1 N–H and O–H groups in total. The Kier molecular flexibility index (Phi) is 4.78. The van der Waals surface area contributed by atoms with Crippen molar-refractivity contribution in [3.05, 3.63) is 0 Å². The Morgan fingerprint density at radius 3 is 2.32 bits per heavy atom. The van der Waals surface area contributed by atoms with E-state index in [1.165, 1.54) is 11.3 Å². The molecule has 2 fully saturated rings. The molecule has 2 rings (SSSR count). The van der Waals surface area contributed by atoms with Gasteiger partial charge < -0.3 is 10.2 Å². The number of imide groups is 1. The first-order valence-corrected chi connectivity index (χ1v) is 8.12. The van der Waals surface area contributed by atoms with E-state index in [-0.39, 0.29) is 17.8 Å². The molecule has 2 unspecified atom stereocenters. The lowest BCUT2D eigenvalue weighted by Crippen LogP contribution is -2.43. The third-order valence-corrected chi connectivity index (χ3v) is 4.44. The Bertz CT molecular complexity index is 465. The first-order valence-electron chi connectivity index (χ1n) is 8.12. The summed E-state index contributed by atoms with van der Waals surface area (Å²) < 4.78 is 0. The van der Waals surface area contributed by atoms with Crippen LogP contribution in [0.15, 0.2) is 0 Å². The molecule has 6 nitrogen and oxygen atoms in total. The van der Waals surface area contributed by atoms with Crippen LogP contribution in [0.3, 0.4) is 0 Å². The minimum Gasteiger partial charge on any atom is -0.342 e. The number of rotatable bonds is 4. The summed E-state index contributed by atoms with van der Waals surface area (Å²) in [5.74, 6) is 0.994. The number of carbonyl (C=O) groups is 3. The molecule has 0 aliphatic carbocycles. The zero-order valence-electron chi connectivity index (χ0n) is 14.0. The quantitative estimate of drug-likeness (QED) is 0.802. The zero-order chi connectivity index (χ0) is 16.5. The van der Waals surface area contributed by atoms with Gasteiger partial charge >= 0.3 is 6.03 Å². The highest BCUT2D eigenvalue weighted by atomic mass is 16.2. The minimum absolute atomic E-state index is 0.129. The van der Waals surface area contributed by atoms with Crippen LogP contribution >= 0.6 is 0 Å². The maximum atomic E-state index is 12.3. The number of piperidine rings is 1. The van der Waals surface area contributed by atoms with Gasteiger partial charge in [-0.25, -0.2) is 4.79 Å². The summed E-state index contributed by atoms with van der Waals surface area (Å²) in [6.45, 7) is 9.66. The molecule has 0 saturated carbocycles. The van der Waals surface area contributed by atoms with Crippen molar-refractivity contribution in [3.8, 4) is 0 Å². The molecule has 0 bridgehead atoms. The summed E-state index contributed by atoms with van der Waals surface area (Å²) >= 11 is 0. The number of carbonyl (C=O) groups excluding carboxylic acids is 3. The number of amides is 4. The Labute approximate surface area is 132 Å². The fourth-order valence-electron chi connectivity index (χ4n) is 3.43. The van der Waals surface area contributed by atoms with Crippen molar-refractivity contribution < 1.29 is 14.4 Å². The summed E-state index contributed by atoms with van der Waals surface area (Å²) in [6.07, 6.45) is 2.07. The average Bonchev–Trinajstić information content (AvgIpc) is 2.59. The van der Waals surface area contributed by atoms with E-state index in [2.05, 4.69) is 19.2 Å². The van der Waals surface area contributed by atoms with E-state index in [0.717, 1.165) is 13.1 Å². The van der Waals surface area contributed by atoms with Gasteiger partial charge in [-0.15, -0.1) is 0 Å². The Hall–Kier alpha value is -1.59. The molecule has 2 aliphatic rings. The van der Waals surface area contributed by atoms with Crippen LogP contribution in [0.2, 0.25) is 0 Å². The van der Waals surface area contributed by atoms with Crippen LogP contribution in [-0.4, -0.2) is 52.8 Å². The molecule has 22 heavy (non-hydrogen) atoms. The highest BCUT2D eigenvalue weighted by Crippen LogP contribution is 2.22. The van der Waals surface area contributed by atoms with Gasteiger partial charge in [-0.2, -0.15) is 0 Å². The van der Waals surface area contributed by atoms with Gasteiger partial charge in [0.15, 0.2) is 0 Å². The SMILES string of the molecule is CC1CC(C)CN(C(=O)CCCN2C(=O)NC(C)(C)C2=O)C1. The number of urea groups is 1. The van der Waals surface area contributed by atoms with Crippen LogP contribution in [0.1, 0.15) is 47.0 Å². The summed E-state index contributed by atoms with van der Waals surface area (Å²) in [4.78, 5) is 39.2. The van der Waals surface area contributed by atoms with E-state index in [9.17, 15) is 14.4 Å². The van der Waals surface area contributed by atoms with Crippen molar-refractivity contribution in [2.24, 2.45) is 11.8 Å². The molecule has 2 saturated heterocycles. The van der Waals surface area contributed by atoms with Gasteiger partial charge in [-0.1, -0.05) is 13.8 Å². The maximum absolute atomic E-state index is 12.3. The monoisotopic (exact) mass is 309 g/mol. The third-order valence-electron chi connectivity index (χ3n) is 4.44. The maximum Gasteiger partial charge on any atom is 0.325 e. The van der Waals surface area contributed by atoms with Gasteiger partial charge in [0.1, 0.15) is 5.54 Å². The topological polar surface area (TPSA) is 69.7 Å². The van der Waals surface area contributed by atoms with Crippen LogP contribution in [-0.2, 0) is 9.59 Å². The standard InChI is InChI=1S/C16H27N3O3/c1-11-8-12(2)10-18(9-11)13(20)6-5-7-19-14(21)16(3,4)17-15(19)22/h11-12H,5-10H2,1-4H3,(H,17,22). The van der Waals surface area contributed by atoms with Gasteiger partial charge in [-0.05, 0) is 38.5 Å². The van der Waals surface area contributed by atoms with E-state index in [1.807, 2.05) is 4.90 Å². The number of nitrogens with one attached hydrogen (secondary N) is 1.